The van der Waals surface area contributed by atoms with Gasteiger partial charge in [0.05, 0.1) is 14.2 Å². The fourth-order valence-corrected chi connectivity index (χ4v) is 3.46. The lowest BCUT2D eigenvalue weighted by atomic mass is 10.1. The number of ether oxygens (including phenoxy) is 2. The fourth-order valence-electron chi connectivity index (χ4n) is 3.46. The van der Waals surface area contributed by atoms with Crippen LogP contribution >= 0.6 is 0 Å². The van der Waals surface area contributed by atoms with Gasteiger partial charge in [0.15, 0.2) is 11.5 Å². The van der Waals surface area contributed by atoms with Crippen molar-refractivity contribution in [1.82, 2.24) is 15.3 Å². The highest BCUT2D eigenvalue weighted by atomic mass is 16.5. The number of anilines is 2. The third-order valence-electron chi connectivity index (χ3n) is 4.76. The summed E-state index contributed by atoms with van der Waals surface area (Å²) in [7, 11) is 5.21. The summed E-state index contributed by atoms with van der Waals surface area (Å²) in [5, 5.41) is 6.64. The summed E-state index contributed by atoms with van der Waals surface area (Å²) in [5.41, 5.74) is 1.09. The molecule has 0 unspecified atom stereocenters. The molecule has 1 fully saturated rings. The van der Waals surface area contributed by atoms with E-state index >= 15 is 0 Å². The zero-order valence-corrected chi connectivity index (χ0v) is 15.7. The zero-order valence-electron chi connectivity index (χ0n) is 15.7. The van der Waals surface area contributed by atoms with Gasteiger partial charge in [-0.25, -0.2) is 9.97 Å². The molecule has 0 aliphatic carbocycles. The number of hydrogen-bond donors (Lipinski definition) is 2. The number of nitrogens with one attached hydrogen (secondary N) is 2. The normalized spacial score (nSPS) is 16.6. The molecule has 0 spiro atoms. The topological polar surface area (TPSA) is 71.5 Å². The monoisotopic (exact) mass is 357 g/mol. The fraction of sp³-hybridized carbons (Fsp3) is 0.474. The van der Waals surface area contributed by atoms with Crippen molar-refractivity contribution >= 4 is 11.6 Å². The van der Waals surface area contributed by atoms with Crippen LogP contribution in [0.15, 0.2) is 30.6 Å². The molecule has 2 aromatic rings. The second-order valence-electron chi connectivity index (χ2n) is 6.28. The summed E-state index contributed by atoms with van der Waals surface area (Å²) < 4.78 is 10.9. The number of para-hydroxylation sites is 1. The minimum Gasteiger partial charge on any atom is -0.493 e. The number of hydrogen-bond acceptors (Lipinski definition) is 7. The lowest BCUT2D eigenvalue weighted by Crippen LogP contribution is -2.38. The molecule has 2 heterocycles. The third kappa shape index (κ3) is 3.99. The summed E-state index contributed by atoms with van der Waals surface area (Å²) in [5.74, 6) is 3.37. The molecule has 140 valence electrons. The van der Waals surface area contributed by atoms with Gasteiger partial charge in [-0.1, -0.05) is 12.1 Å². The van der Waals surface area contributed by atoms with E-state index < -0.39 is 0 Å². The van der Waals surface area contributed by atoms with Gasteiger partial charge < -0.3 is 25.0 Å². The number of rotatable bonds is 8. The van der Waals surface area contributed by atoms with Crippen LogP contribution in [0.2, 0.25) is 0 Å². The Bertz CT molecular complexity index is 725. The molecule has 0 radical (unpaired) electrons. The van der Waals surface area contributed by atoms with Gasteiger partial charge in [0.25, 0.3) is 0 Å². The van der Waals surface area contributed by atoms with Crippen molar-refractivity contribution in [1.29, 1.82) is 0 Å². The van der Waals surface area contributed by atoms with E-state index in [0.717, 1.165) is 54.8 Å². The molecule has 1 aliphatic heterocycles. The van der Waals surface area contributed by atoms with Crippen LogP contribution in [-0.4, -0.2) is 50.4 Å². The molecule has 1 aromatic heterocycles. The number of methoxy groups -OCH3 is 2. The molecule has 26 heavy (non-hydrogen) atoms. The molecule has 0 amide bonds. The average Bonchev–Trinajstić information content (AvgIpc) is 3.16. The van der Waals surface area contributed by atoms with Gasteiger partial charge in [0.1, 0.15) is 18.0 Å². The standard InChI is InChI=1S/C19H27N5O2/c1-20-17-10-18(23-13-22-17)24-9-5-7-15(24)12-21-11-14-6-4-8-16(25-2)19(14)26-3/h4,6,8,10,13,15,21H,5,7,9,11-12H2,1-3H3,(H,20,22,23)/t15-/m1/s1. The Kier molecular flexibility index (Phi) is 6.12. The Labute approximate surface area is 154 Å². The van der Waals surface area contributed by atoms with Crippen LogP contribution in [0, 0.1) is 0 Å². The molecule has 1 saturated heterocycles. The lowest BCUT2D eigenvalue weighted by molar-refractivity contribution is 0.350. The highest BCUT2D eigenvalue weighted by molar-refractivity contribution is 5.49. The van der Waals surface area contributed by atoms with E-state index in [2.05, 4.69) is 31.6 Å². The molecule has 7 nitrogen and oxygen atoms in total. The van der Waals surface area contributed by atoms with E-state index in [4.69, 9.17) is 9.47 Å². The van der Waals surface area contributed by atoms with E-state index in [1.165, 1.54) is 6.42 Å². The van der Waals surface area contributed by atoms with Gasteiger partial charge in [0, 0.05) is 44.4 Å². The van der Waals surface area contributed by atoms with E-state index in [1.54, 1.807) is 20.5 Å². The second kappa shape index (κ2) is 8.71. The smallest absolute Gasteiger partial charge is 0.165 e. The Morgan fingerprint density at radius 3 is 2.88 bits per heavy atom. The summed E-state index contributed by atoms with van der Waals surface area (Å²) in [6.45, 7) is 2.64. The quantitative estimate of drug-likeness (QED) is 0.751. The average molecular weight is 357 g/mol. The third-order valence-corrected chi connectivity index (χ3v) is 4.76. The van der Waals surface area contributed by atoms with Crippen LogP contribution in [-0.2, 0) is 6.54 Å². The first kappa shape index (κ1) is 18.3. The van der Waals surface area contributed by atoms with Crippen LogP contribution in [0.1, 0.15) is 18.4 Å². The van der Waals surface area contributed by atoms with Crippen molar-refractivity contribution < 1.29 is 9.47 Å². The highest BCUT2D eigenvalue weighted by Gasteiger charge is 2.25. The maximum atomic E-state index is 5.51. The minimum atomic E-state index is 0.422. The van der Waals surface area contributed by atoms with E-state index in [1.807, 2.05) is 25.2 Å². The van der Waals surface area contributed by atoms with Gasteiger partial charge >= 0.3 is 0 Å². The molecule has 0 saturated carbocycles. The zero-order chi connectivity index (χ0) is 18.4. The number of aromatic nitrogens is 2. The number of nitrogens with zero attached hydrogens (tertiary/aromatic N) is 3. The lowest BCUT2D eigenvalue weighted by Gasteiger charge is -2.26. The van der Waals surface area contributed by atoms with Crippen molar-refractivity contribution in [3.8, 4) is 11.5 Å². The molecular weight excluding hydrogens is 330 g/mol. The predicted octanol–water partition coefficient (Wildman–Crippen LogP) is 2.29. The van der Waals surface area contributed by atoms with Crippen LogP contribution in [0.25, 0.3) is 0 Å². The first-order valence-electron chi connectivity index (χ1n) is 8.93. The van der Waals surface area contributed by atoms with Crippen LogP contribution in [0.5, 0.6) is 11.5 Å². The molecule has 3 rings (SSSR count). The van der Waals surface area contributed by atoms with Gasteiger partial charge in [-0.05, 0) is 18.9 Å². The molecule has 1 aromatic carbocycles. The first-order valence-corrected chi connectivity index (χ1v) is 8.93. The van der Waals surface area contributed by atoms with Crippen molar-refractivity contribution in [3.05, 3.63) is 36.2 Å². The highest BCUT2D eigenvalue weighted by Crippen LogP contribution is 2.30. The van der Waals surface area contributed by atoms with Crippen molar-refractivity contribution in [2.24, 2.45) is 0 Å². The molecule has 1 atom stereocenters. The van der Waals surface area contributed by atoms with Gasteiger partial charge in [-0.15, -0.1) is 0 Å². The molecule has 1 aliphatic rings. The van der Waals surface area contributed by atoms with Crippen LogP contribution in [0.4, 0.5) is 11.6 Å². The van der Waals surface area contributed by atoms with Crippen LogP contribution < -0.4 is 25.0 Å². The molecule has 2 N–H and O–H groups in total. The first-order chi connectivity index (χ1) is 12.8. The summed E-state index contributed by atoms with van der Waals surface area (Å²) in [6, 6.07) is 8.38. The summed E-state index contributed by atoms with van der Waals surface area (Å²) in [4.78, 5) is 11.0. The van der Waals surface area contributed by atoms with Crippen molar-refractivity contribution in [2.75, 3.05) is 44.6 Å². The molecule has 7 heteroatoms. The largest absolute Gasteiger partial charge is 0.493 e. The SMILES string of the molecule is CNc1cc(N2CCC[C@@H]2CNCc2cccc(OC)c2OC)ncn1. The molecule has 0 bridgehead atoms. The van der Waals surface area contributed by atoms with E-state index in [9.17, 15) is 0 Å². The van der Waals surface area contributed by atoms with E-state index in [0.29, 0.717) is 6.04 Å². The Hall–Kier alpha value is -2.54. The summed E-state index contributed by atoms with van der Waals surface area (Å²) >= 11 is 0. The van der Waals surface area contributed by atoms with Gasteiger partial charge in [-0.2, -0.15) is 0 Å². The van der Waals surface area contributed by atoms with Gasteiger partial charge in [0.2, 0.25) is 0 Å². The summed E-state index contributed by atoms with van der Waals surface area (Å²) in [6.07, 6.45) is 3.94. The Morgan fingerprint density at radius 1 is 1.23 bits per heavy atom. The molecular formula is C19H27N5O2. The minimum absolute atomic E-state index is 0.422. The van der Waals surface area contributed by atoms with Gasteiger partial charge in [-0.3, -0.25) is 0 Å². The Balaban J connectivity index is 1.62. The Morgan fingerprint density at radius 2 is 2.12 bits per heavy atom. The van der Waals surface area contributed by atoms with Crippen molar-refractivity contribution in [2.45, 2.75) is 25.4 Å². The predicted molar refractivity (Wildman–Crippen MR) is 103 cm³/mol. The van der Waals surface area contributed by atoms with E-state index in [-0.39, 0.29) is 0 Å². The maximum absolute atomic E-state index is 5.51. The number of benzene rings is 1. The van der Waals surface area contributed by atoms with Crippen molar-refractivity contribution in [3.63, 3.8) is 0 Å². The maximum Gasteiger partial charge on any atom is 0.165 e. The second-order valence-corrected chi connectivity index (χ2v) is 6.28. The van der Waals surface area contributed by atoms with Crippen LogP contribution in [0.3, 0.4) is 0 Å².